The summed E-state index contributed by atoms with van der Waals surface area (Å²) in [6.07, 6.45) is 3.06. The van der Waals surface area contributed by atoms with E-state index in [-0.39, 0.29) is 10.6 Å². The molecule has 0 fully saturated rings. The SMILES string of the molecule is C[C@@H](C(=O)Nc1ccc2c(c1)CCC2)S(=O)(=O)c1ccc([N+](=O)[O-])cc1. The van der Waals surface area contributed by atoms with Crippen LogP contribution in [0.2, 0.25) is 0 Å². The molecule has 2 aromatic carbocycles. The number of amides is 1. The van der Waals surface area contributed by atoms with E-state index in [0.717, 1.165) is 43.5 Å². The number of fused-ring (bicyclic) bond motifs is 1. The lowest BCUT2D eigenvalue weighted by Gasteiger charge is -2.14. The lowest BCUT2D eigenvalue weighted by molar-refractivity contribution is -0.384. The first-order chi connectivity index (χ1) is 12.3. The second-order valence-corrected chi connectivity index (χ2v) is 8.53. The quantitative estimate of drug-likeness (QED) is 0.640. The van der Waals surface area contributed by atoms with E-state index in [1.165, 1.54) is 18.1 Å². The van der Waals surface area contributed by atoms with Crippen molar-refractivity contribution >= 4 is 27.1 Å². The van der Waals surface area contributed by atoms with Gasteiger partial charge in [-0.05, 0) is 61.6 Å². The van der Waals surface area contributed by atoms with Crippen LogP contribution >= 0.6 is 0 Å². The third kappa shape index (κ3) is 3.45. The number of non-ortho nitro benzene ring substituents is 1. The molecule has 26 heavy (non-hydrogen) atoms. The average Bonchev–Trinajstić information content (AvgIpc) is 3.08. The summed E-state index contributed by atoms with van der Waals surface area (Å²) in [5, 5.41) is 12.0. The van der Waals surface area contributed by atoms with Crippen molar-refractivity contribution in [2.24, 2.45) is 0 Å². The summed E-state index contributed by atoms with van der Waals surface area (Å²) in [6, 6.07) is 10.1. The van der Waals surface area contributed by atoms with Crippen molar-refractivity contribution in [3.8, 4) is 0 Å². The van der Waals surface area contributed by atoms with E-state index < -0.39 is 25.9 Å². The van der Waals surface area contributed by atoms with Gasteiger partial charge in [-0.2, -0.15) is 0 Å². The molecule has 136 valence electrons. The smallest absolute Gasteiger partial charge is 0.269 e. The van der Waals surface area contributed by atoms with Gasteiger partial charge in [0.15, 0.2) is 9.84 Å². The molecule has 2 aromatic rings. The normalized spacial score (nSPS) is 14.5. The highest BCUT2D eigenvalue weighted by atomic mass is 32.2. The van der Waals surface area contributed by atoms with Gasteiger partial charge in [-0.1, -0.05) is 6.07 Å². The Hall–Kier alpha value is -2.74. The Labute approximate surface area is 151 Å². The third-order valence-corrected chi connectivity index (χ3v) is 6.65. The van der Waals surface area contributed by atoms with Crippen molar-refractivity contribution in [1.82, 2.24) is 0 Å². The summed E-state index contributed by atoms with van der Waals surface area (Å²) >= 11 is 0. The third-order valence-electron chi connectivity index (χ3n) is 4.58. The van der Waals surface area contributed by atoms with Crippen LogP contribution in [0.25, 0.3) is 0 Å². The van der Waals surface area contributed by atoms with Crippen molar-refractivity contribution < 1.29 is 18.1 Å². The van der Waals surface area contributed by atoms with Gasteiger partial charge in [-0.3, -0.25) is 14.9 Å². The van der Waals surface area contributed by atoms with Crippen LogP contribution in [0.3, 0.4) is 0 Å². The molecule has 0 bridgehead atoms. The molecule has 0 saturated carbocycles. The van der Waals surface area contributed by atoms with Gasteiger partial charge >= 0.3 is 0 Å². The number of nitrogens with one attached hydrogen (secondary N) is 1. The number of rotatable bonds is 5. The number of carbonyl (C=O) groups excluding carboxylic acids is 1. The Kier molecular flexibility index (Phi) is 4.78. The minimum Gasteiger partial charge on any atom is -0.325 e. The van der Waals surface area contributed by atoms with E-state index in [1.807, 2.05) is 12.1 Å². The van der Waals surface area contributed by atoms with Crippen LogP contribution < -0.4 is 5.32 Å². The van der Waals surface area contributed by atoms with Crippen LogP contribution in [0.1, 0.15) is 24.5 Å². The van der Waals surface area contributed by atoms with E-state index in [1.54, 1.807) is 6.07 Å². The molecule has 1 atom stereocenters. The summed E-state index contributed by atoms with van der Waals surface area (Å²) in [6.45, 7) is 1.31. The van der Waals surface area contributed by atoms with Crippen LogP contribution in [0, 0.1) is 10.1 Å². The number of anilines is 1. The maximum absolute atomic E-state index is 12.6. The summed E-state index contributed by atoms with van der Waals surface area (Å²) in [5.74, 6) is -0.638. The van der Waals surface area contributed by atoms with Crippen molar-refractivity contribution in [3.05, 3.63) is 63.7 Å². The topological polar surface area (TPSA) is 106 Å². The molecule has 1 N–H and O–H groups in total. The highest BCUT2D eigenvalue weighted by Gasteiger charge is 2.30. The maximum atomic E-state index is 12.6. The number of nitro benzene ring substituents is 1. The zero-order valence-electron chi connectivity index (χ0n) is 14.1. The molecule has 1 amide bonds. The van der Waals surface area contributed by atoms with Crippen LogP contribution in [-0.4, -0.2) is 24.5 Å². The van der Waals surface area contributed by atoms with Crippen molar-refractivity contribution in [3.63, 3.8) is 0 Å². The molecule has 1 aliphatic rings. The predicted octanol–water partition coefficient (Wildman–Crippen LogP) is 2.88. The second-order valence-electron chi connectivity index (χ2n) is 6.26. The Balaban J connectivity index is 1.77. The molecular formula is C18H18N2O5S. The predicted molar refractivity (Wildman–Crippen MR) is 96.8 cm³/mol. The fourth-order valence-electron chi connectivity index (χ4n) is 3.00. The monoisotopic (exact) mass is 374 g/mol. The van der Waals surface area contributed by atoms with E-state index in [4.69, 9.17) is 0 Å². The molecular weight excluding hydrogens is 356 g/mol. The Morgan fingerprint density at radius 2 is 1.77 bits per heavy atom. The molecule has 8 heteroatoms. The van der Waals surface area contributed by atoms with Crippen LogP contribution in [0.5, 0.6) is 0 Å². The van der Waals surface area contributed by atoms with Crippen molar-refractivity contribution in [1.29, 1.82) is 0 Å². The molecule has 3 rings (SSSR count). The molecule has 0 heterocycles. The van der Waals surface area contributed by atoms with Gasteiger partial charge in [0.05, 0.1) is 9.82 Å². The Bertz CT molecular complexity index is 968. The Morgan fingerprint density at radius 1 is 1.12 bits per heavy atom. The van der Waals surface area contributed by atoms with E-state index in [0.29, 0.717) is 5.69 Å². The number of sulfone groups is 1. The molecule has 0 unspecified atom stereocenters. The highest BCUT2D eigenvalue weighted by Crippen LogP contribution is 2.26. The Morgan fingerprint density at radius 3 is 2.42 bits per heavy atom. The molecule has 7 nitrogen and oxygen atoms in total. The van der Waals surface area contributed by atoms with Crippen LogP contribution in [0.15, 0.2) is 47.4 Å². The number of aryl methyl sites for hydroxylation is 2. The number of nitrogens with zero attached hydrogens (tertiary/aromatic N) is 1. The standard InChI is InChI=1S/C18H18N2O5S/c1-12(26(24,25)17-9-7-16(8-10-17)20(22)23)18(21)19-15-6-5-13-3-2-4-14(13)11-15/h5-12H,2-4H2,1H3,(H,19,21)/t12-/m0/s1. The largest absolute Gasteiger partial charge is 0.325 e. The zero-order valence-corrected chi connectivity index (χ0v) is 15.0. The maximum Gasteiger partial charge on any atom is 0.269 e. The van der Waals surface area contributed by atoms with Gasteiger partial charge in [0, 0.05) is 17.8 Å². The zero-order chi connectivity index (χ0) is 18.9. The lowest BCUT2D eigenvalue weighted by atomic mass is 10.1. The minimum atomic E-state index is -3.95. The molecule has 0 aliphatic heterocycles. The highest BCUT2D eigenvalue weighted by molar-refractivity contribution is 7.92. The number of carbonyl (C=O) groups is 1. The van der Waals surface area contributed by atoms with Crippen LogP contribution in [-0.2, 0) is 27.5 Å². The summed E-state index contributed by atoms with van der Waals surface area (Å²) in [7, 11) is -3.95. The summed E-state index contributed by atoms with van der Waals surface area (Å²) in [5.41, 5.74) is 2.80. The average molecular weight is 374 g/mol. The van der Waals surface area contributed by atoms with Gasteiger partial charge in [-0.25, -0.2) is 8.42 Å². The first-order valence-electron chi connectivity index (χ1n) is 8.20. The molecule has 0 radical (unpaired) electrons. The van der Waals surface area contributed by atoms with E-state index in [9.17, 15) is 23.3 Å². The number of nitro groups is 1. The number of hydrogen-bond donors (Lipinski definition) is 1. The van der Waals surface area contributed by atoms with Gasteiger partial charge in [0.1, 0.15) is 5.25 Å². The van der Waals surface area contributed by atoms with Gasteiger partial charge in [-0.15, -0.1) is 0 Å². The fourth-order valence-corrected chi connectivity index (χ4v) is 4.26. The van der Waals surface area contributed by atoms with Gasteiger partial charge in [0.25, 0.3) is 5.69 Å². The first-order valence-corrected chi connectivity index (χ1v) is 9.74. The van der Waals surface area contributed by atoms with Gasteiger partial charge in [0.2, 0.25) is 5.91 Å². The van der Waals surface area contributed by atoms with Crippen molar-refractivity contribution in [2.75, 3.05) is 5.32 Å². The van der Waals surface area contributed by atoms with E-state index >= 15 is 0 Å². The second kappa shape index (κ2) is 6.87. The summed E-state index contributed by atoms with van der Waals surface area (Å²) < 4.78 is 25.2. The van der Waals surface area contributed by atoms with E-state index in [2.05, 4.69) is 5.32 Å². The van der Waals surface area contributed by atoms with Crippen molar-refractivity contribution in [2.45, 2.75) is 36.3 Å². The lowest BCUT2D eigenvalue weighted by Crippen LogP contribution is -2.32. The molecule has 0 spiro atoms. The first kappa shape index (κ1) is 18.1. The number of benzene rings is 2. The molecule has 1 aliphatic carbocycles. The molecule has 0 saturated heterocycles. The molecule has 0 aromatic heterocycles. The van der Waals surface area contributed by atoms with Crippen LogP contribution in [0.4, 0.5) is 11.4 Å². The number of hydrogen-bond acceptors (Lipinski definition) is 5. The summed E-state index contributed by atoms with van der Waals surface area (Å²) in [4.78, 5) is 22.4. The van der Waals surface area contributed by atoms with Gasteiger partial charge < -0.3 is 5.32 Å². The minimum absolute atomic E-state index is 0.125. The fraction of sp³-hybridized carbons (Fsp3) is 0.278.